The maximum Gasteiger partial charge on any atom is 0.336 e. The summed E-state index contributed by atoms with van der Waals surface area (Å²) in [5, 5.41) is 6.77. The molecule has 0 atom stereocenters. The molecule has 1 aromatic heterocycles. The maximum absolute atomic E-state index is 13.3. The first kappa shape index (κ1) is 31.7. The van der Waals surface area contributed by atoms with Gasteiger partial charge < -0.3 is 19.4 Å². The maximum atomic E-state index is 13.3. The van der Waals surface area contributed by atoms with Crippen LogP contribution in [-0.2, 0) is 9.59 Å². The molecule has 4 rings (SSSR count). The average Bonchev–Trinajstić information content (AvgIpc) is 3.56. The number of hydrazone groups is 1. The Morgan fingerprint density at radius 3 is 2.39 bits per heavy atom. The number of rotatable bonds is 12. The first-order chi connectivity index (χ1) is 21.4. The lowest BCUT2D eigenvalue weighted by Gasteiger charge is -2.21. The van der Waals surface area contributed by atoms with Gasteiger partial charge in [0.2, 0.25) is 0 Å². The summed E-state index contributed by atoms with van der Waals surface area (Å²) in [6.45, 7) is 5.90. The second-order valence-corrected chi connectivity index (χ2v) is 10.2. The third-order valence-electron chi connectivity index (χ3n) is 6.34. The largest absolute Gasteiger partial charge is 0.465 e. The van der Waals surface area contributed by atoms with Crippen molar-refractivity contribution in [3.05, 3.63) is 130 Å². The Hall–Kier alpha value is -5.22. The van der Waals surface area contributed by atoms with E-state index in [1.54, 1.807) is 66.7 Å². The third kappa shape index (κ3) is 9.14. The van der Waals surface area contributed by atoms with E-state index in [9.17, 15) is 14.4 Å². The number of carbonyl (C=O) groups is 3. The van der Waals surface area contributed by atoms with Gasteiger partial charge in [0.1, 0.15) is 17.2 Å². The van der Waals surface area contributed by atoms with Gasteiger partial charge >= 0.3 is 5.97 Å². The number of hydrogen-bond donors (Lipinski definition) is 2. The fourth-order valence-corrected chi connectivity index (χ4v) is 4.47. The highest BCUT2D eigenvalue weighted by atomic mass is 79.9. The summed E-state index contributed by atoms with van der Waals surface area (Å²) in [5.41, 5.74) is 5.04. The molecule has 4 aromatic rings. The van der Waals surface area contributed by atoms with Crippen LogP contribution in [0.4, 0.5) is 5.69 Å². The molecule has 224 valence electrons. The minimum Gasteiger partial charge on any atom is -0.465 e. The summed E-state index contributed by atoms with van der Waals surface area (Å²) < 4.78 is 11.4. The predicted molar refractivity (Wildman–Crippen MR) is 175 cm³/mol. The number of ether oxygens (including phenoxy) is 1. The van der Waals surface area contributed by atoms with E-state index in [1.807, 2.05) is 24.3 Å². The second-order valence-electron chi connectivity index (χ2n) is 9.29. The van der Waals surface area contributed by atoms with Crippen LogP contribution in [0, 0.1) is 0 Å². The van der Waals surface area contributed by atoms with E-state index >= 15 is 0 Å². The molecule has 0 aliphatic carbocycles. The minimum atomic E-state index is -0.645. The highest BCUT2D eigenvalue weighted by Crippen LogP contribution is 2.22. The lowest BCUT2D eigenvalue weighted by atomic mass is 10.1. The van der Waals surface area contributed by atoms with Crippen molar-refractivity contribution in [3.63, 3.8) is 0 Å². The predicted octanol–water partition coefficient (Wildman–Crippen LogP) is 6.43. The first-order valence-electron chi connectivity index (χ1n) is 13.9. The van der Waals surface area contributed by atoms with E-state index in [0.717, 1.165) is 18.8 Å². The molecular formula is C34H31BrN4O5. The number of amides is 2. The van der Waals surface area contributed by atoms with Crippen molar-refractivity contribution in [2.75, 3.05) is 18.0 Å². The topological polar surface area (TPSA) is 113 Å². The van der Waals surface area contributed by atoms with Crippen LogP contribution in [0.3, 0.4) is 0 Å². The average molecular weight is 656 g/mol. The number of nitrogens with one attached hydrogen (secondary N) is 2. The summed E-state index contributed by atoms with van der Waals surface area (Å²) >= 11 is 3.40. The Labute approximate surface area is 264 Å². The first-order valence-corrected chi connectivity index (χ1v) is 14.6. The number of furan rings is 1. The van der Waals surface area contributed by atoms with E-state index in [1.165, 1.54) is 24.6 Å². The van der Waals surface area contributed by atoms with Crippen LogP contribution in [-0.4, -0.2) is 37.1 Å². The zero-order valence-corrected chi connectivity index (χ0v) is 25.8. The van der Waals surface area contributed by atoms with Gasteiger partial charge in [0.05, 0.1) is 12.5 Å². The number of halogens is 1. The van der Waals surface area contributed by atoms with E-state index in [0.29, 0.717) is 26.9 Å². The highest BCUT2D eigenvalue weighted by Gasteiger charge is 2.15. The van der Waals surface area contributed by atoms with Crippen molar-refractivity contribution < 1.29 is 23.5 Å². The molecule has 0 aliphatic rings. The summed E-state index contributed by atoms with van der Waals surface area (Å²) in [6, 6.07) is 24.7. The van der Waals surface area contributed by atoms with Gasteiger partial charge in [-0.15, -0.1) is 0 Å². The monoisotopic (exact) mass is 654 g/mol. The number of anilines is 1. The van der Waals surface area contributed by atoms with E-state index in [2.05, 4.69) is 50.5 Å². The lowest BCUT2D eigenvalue weighted by Crippen LogP contribution is -2.32. The SMILES string of the molecule is CCN(CC)c1ccc(C=C(NC(=O)c2ccccc2)C(=O)NN=Cc2cc(Br)ccc2OC(=O)C=Cc2ccco2)cc1. The zero-order valence-electron chi connectivity index (χ0n) is 24.2. The summed E-state index contributed by atoms with van der Waals surface area (Å²) in [4.78, 5) is 40.8. The van der Waals surface area contributed by atoms with Gasteiger partial charge in [-0.2, -0.15) is 5.10 Å². The molecule has 0 saturated carbocycles. The van der Waals surface area contributed by atoms with E-state index in [4.69, 9.17) is 9.15 Å². The smallest absolute Gasteiger partial charge is 0.336 e. The normalized spacial score (nSPS) is 11.5. The molecule has 10 heteroatoms. The molecule has 2 N–H and O–H groups in total. The van der Waals surface area contributed by atoms with Crippen LogP contribution < -0.4 is 20.4 Å². The Balaban J connectivity index is 1.52. The van der Waals surface area contributed by atoms with Crippen molar-refractivity contribution in [2.24, 2.45) is 5.10 Å². The molecule has 3 aromatic carbocycles. The van der Waals surface area contributed by atoms with Gasteiger partial charge in [-0.25, -0.2) is 10.2 Å². The fourth-order valence-electron chi connectivity index (χ4n) is 4.09. The summed E-state index contributed by atoms with van der Waals surface area (Å²) in [6.07, 6.45) is 7.15. The van der Waals surface area contributed by atoms with Crippen molar-refractivity contribution >= 4 is 57.8 Å². The van der Waals surface area contributed by atoms with Crippen LogP contribution in [0.25, 0.3) is 12.2 Å². The van der Waals surface area contributed by atoms with Gasteiger partial charge in [0.15, 0.2) is 0 Å². The van der Waals surface area contributed by atoms with E-state index < -0.39 is 17.8 Å². The molecule has 0 fully saturated rings. The van der Waals surface area contributed by atoms with Crippen LogP contribution in [0.2, 0.25) is 0 Å². The standard InChI is InChI=1S/C34H31BrN4O5/c1-3-39(4-2)28-15-12-24(13-16-28)21-30(37-33(41)25-9-6-5-7-10-25)34(42)38-36-23-26-22-27(35)14-18-31(26)44-32(40)19-17-29-11-8-20-43-29/h5-23H,3-4H2,1-2H3,(H,37,41)(H,38,42). The van der Waals surface area contributed by atoms with Crippen molar-refractivity contribution in [3.8, 4) is 5.75 Å². The van der Waals surface area contributed by atoms with Crippen LogP contribution >= 0.6 is 15.9 Å². The number of carbonyl (C=O) groups excluding carboxylic acids is 3. The lowest BCUT2D eigenvalue weighted by molar-refractivity contribution is -0.129. The molecule has 9 nitrogen and oxygen atoms in total. The fraction of sp³-hybridized carbons (Fsp3) is 0.118. The molecule has 2 amide bonds. The zero-order chi connectivity index (χ0) is 31.3. The molecule has 0 spiro atoms. The summed E-state index contributed by atoms with van der Waals surface area (Å²) in [7, 11) is 0. The number of benzene rings is 3. The molecule has 44 heavy (non-hydrogen) atoms. The van der Waals surface area contributed by atoms with Gasteiger partial charge in [-0.05, 0) is 86.2 Å². The second kappa shape index (κ2) is 15.9. The van der Waals surface area contributed by atoms with Gasteiger partial charge in [-0.3, -0.25) is 9.59 Å². The van der Waals surface area contributed by atoms with Crippen molar-refractivity contribution in [1.82, 2.24) is 10.7 Å². The Kier molecular flexibility index (Phi) is 11.4. The number of esters is 1. The molecule has 0 unspecified atom stereocenters. The van der Waals surface area contributed by atoms with Crippen LogP contribution in [0.15, 0.2) is 117 Å². The highest BCUT2D eigenvalue weighted by molar-refractivity contribution is 9.10. The Morgan fingerprint density at radius 2 is 1.70 bits per heavy atom. The number of nitrogens with zero attached hydrogens (tertiary/aromatic N) is 2. The summed E-state index contributed by atoms with van der Waals surface area (Å²) in [5.74, 6) is -0.983. The third-order valence-corrected chi connectivity index (χ3v) is 6.83. The van der Waals surface area contributed by atoms with Gasteiger partial charge in [-0.1, -0.05) is 46.3 Å². The molecule has 0 aliphatic heterocycles. The van der Waals surface area contributed by atoms with E-state index in [-0.39, 0.29) is 11.4 Å². The van der Waals surface area contributed by atoms with Crippen LogP contribution in [0.5, 0.6) is 5.75 Å². The van der Waals surface area contributed by atoms with Crippen molar-refractivity contribution in [1.29, 1.82) is 0 Å². The van der Waals surface area contributed by atoms with Gasteiger partial charge in [0.25, 0.3) is 11.8 Å². The van der Waals surface area contributed by atoms with Crippen LogP contribution in [0.1, 0.15) is 41.1 Å². The number of hydrogen-bond acceptors (Lipinski definition) is 7. The molecule has 0 radical (unpaired) electrons. The van der Waals surface area contributed by atoms with Gasteiger partial charge in [0, 0.05) is 40.5 Å². The molecule has 1 heterocycles. The molecule has 0 bridgehead atoms. The quantitative estimate of drug-likeness (QED) is 0.0599. The minimum absolute atomic E-state index is 0.00412. The molecular weight excluding hydrogens is 624 g/mol. The Bertz CT molecular complexity index is 1660. The molecule has 0 saturated heterocycles. The van der Waals surface area contributed by atoms with Crippen molar-refractivity contribution in [2.45, 2.75) is 13.8 Å². The Morgan fingerprint density at radius 1 is 0.955 bits per heavy atom.